The Labute approximate surface area is 399 Å². The first-order valence-corrected chi connectivity index (χ1v) is 23.3. The van der Waals surface area contributed by atoms with E-state index in [4.69, 9.17) is 23.1 Å². The molecule has 17 nitrogen and oxygen atoms in total. The van der Waals surface area contributed by atoms with Gasteiger partial charge in [0, 0.05) is 53.6 Å². The molecule has 0 aliphatic carbocycles. The van der Waals surface area contributed by atoms with Crippen LogP contribution in [0.3, 0.4) is 0 Å². The minimum absolute atomic E-state index is 0.0181. The second kappa shape index (κ2) is 26.4. The number of rotatable bonds is 26. The predicted molar refractivity (Wildman–Crippen MR) is 260 cm³/mol. The number of hydrogen-bond donors (Lipinski definition) is 12. The van der Waals surface area contributed by atoms with Crippen LogP contribution in [0.1, 0.15) is 56.2 Å². The maximum Gasteiger partial charge on any atom is 0.244 e. The van der Waals surface area contributed by atoms with Crippen LogP contribution in [-0.4, -0.2) is 106 Å². The smallest absolute Gasteiger partial charge is 0.244 e. The fourth-order valence-electron chi connectivity index (χ4n) is 7.08. The van der Waals surface area contributed by atoms with E-state index in [0.717, 1.165) is 10.9 Å². The SMILES string of the molecule is CC(C)C(NC(=O)C(CCCCN)NC(=O)C(Cc1c[nH]c2ccccc12)NC(=O)C(Cc1ccc(O)cc1)NC(=O)CCS)C(=O)NC(CS)C(=O)NC(Cc1ccc(Cl)cc1)C(N)=O. The second-order valence-electron chi connectivity index (χ2n) is 16.2. The largest absolute Gasteiger partial charge is 0.508 e. The number of aromatic amines is 1. The number of primary amides is 1. The molecule has 0 radical (unpaired) electrons. The molecule has 0 aliphatic heterocycles. The van der Waals surface area contributed by atoms with Crippen molar-refractivity contribution in [1.82, 2.24) is 36.9 Å². The maximum absolute atomic E-state index is 14.5. The number of phenolic OH excluding ortho intramolecular Hbond substituents is 1. The van der Waals surface area contributed by atoms with Gasteiger partial charge in [0.15, 0.2) is 0 Å². The molecule has 12 N–H and O–H groups in total. The zero-order valence-corrected chi connectivity index (χ0v) is 39.4. The number of halogens is 1. The summed E-state index contributed by atoms with van der Waals surface area (Å²) in [5.74, 6) is -5.23. The van der Waals surface area contributed by atoms with Crippen molar-refractivity contribution >= 4 is 89.1 Å². The molecule has 66 heavy (non-hydrogen) atoms. The molecular weight excluding hydrogens is 906 g/mol. The number of carbonyl (C=O) groups is 7. The number of hydrogen-bond acceptors (Lipinski definition) is 11. The molecule has 0 saturated heterocycles. The molecule has 4 aromatic rings. The number of thiol groups is 2. The summed E-state index contributed by atoms with van der Waals surface area (Å²) in [5.41, 5.74) is 14.2. The van der Waals surface area contributed by atoms with E-state index in [9.17, 15) is 38.7 Å². The molecular formula is C46H60ClN9O8S2. The van der Waals surface area contributed by atoms with Crippen molar-refractivity contribution in [3.8, 4) is 5.75 Å². The normalized spacial score (nSPS) is 13.9. The van der Waals surface area contributed by atoms with Crippen molar-refractivity contribution in [2.24, 2.45) is 17.4 Å². The van der Waals surface area contributed by atoms with Crippen LogP contribution < -0.4 is 43.4 Å². The quantitative estimate of drug-likeness (QED) is 0.0324. The molecule has 4 rings (SSSR count). The molecule has 0 fully saturated rings. The summed E-state index contributed by atoms with van der Waals surface area (Å²) in [6, 6.07) is 13.0. The Kier molecular flexibility index (Phi) is 21.1. The van der Waals surface area contributed by atoms with E-state index < -0.39 is 83.5 Å². The molecule has 7 amide bonds. The topological polar surface area (TPSA) is 280 Å². The molecule has 1 heterocycles. The van der Waals surface area contributed by atoms with E-state index in [1.54, 1.807) is 56.4 Å². The van der Waals surface area contributed by atoms with Crippen LogP contribution in [0.2, 0.25) is 5.02 Å². The van der Waals surface area contributed by atoms with Crippen molar-refractivity contribution in [2.45, 2.75) is 95.0 Å². The molecule has 0 spiro atoms. The number of fused-ring (bicyclic) bond motifs is 1. The lowest BCUT2D eigenvalue weighted by molar-refractivity contribution is -0.135. The Balaban J connectivity index is 1.56. The van der Waals surface area contributed by atoms with Crippen molar-refractivity contribution in [3.63, 3.8) is 0 Å². The molecule has 356 valence electrons. The number of nitrogens with one attached hydrogen (secondary N) is 7. The number of carbonyl (C=O) groups excluding carboxylic acids is 7. The lowest BCUT2D eigenvalue weighted by Crippen LogP contribution is -2.61. The van der Waals surface area contributed by atoms with Gasteiger partial charge >= 0.3 is 0 Å². The summed E-state index contributed by atoms with van der Waals surface area (Å²) >= 11 is 14.4. The standard InChI is InChI=1S/C46H60ClN9O8S2/c1-26(2)40(46(64)55-38(25-66)45(63)53-35(41(49)59)21-27-10-14-30(47)15-11-27)56-42(60)34(9-5-6-19-48)52-44(62)37(23-29-24-50-33-8-4-3-7-32(29)33)54-43(61)36(51-39(58)18-20-65)22-28-12-16-31(57)17-13-28/h3-4,7-8,10-17,24,26,34-38,40,50,57,65-66H,5-6,9,18-23,25,48H2,1-2H3,(H2,49,59)(H,51,58)(H,52,62)(H,53,63)(H,54,61)(H,55,64)(H,56,60). The summed E-state index contributed by atoms with van der Waals surface area (Å²) in [4.78, 5) is 98.4. The third kappa shape index (κ3) is 16.3. The molecule has 0 aliphatic rings. The first-order valence-electron chi connectivity index (χ1n) is 21.6. The average Bonchev–Trinajstić information content (AvgIpc) is 3.69. The van der Waals surface area contributed by atoms with Gasteiger partial charge < -0.3 is 53.5 Å². The number of unbranched alkanes of at least 4 members (excludes halogenated alkanes) is 1. The number of para-hydroxylation sites is 1. The van der Waals surface area contributed by atoms with E-state index >= 15 is 0 Å². The van der Waals surface area contributed by atoms with Crippen LogP contribution in [0.25, 0.3) is 10.9 Å². The van der Waals surface area contributed by atoms with E-state index in [1.165, 1.54) is 12.1 Å². The van der Waals surface area contributed by atoms with Crippen molar-refractivity contribution < 1.29 is 38.7 Å². The van der Waals surface area contributed by atoms with Crippen LogP contribution in [0.5, 0.6) is 5.75 Å². The van der Waals surface area contributed by atoms with Crippen LogP contribution in [-0.2, 0) is 52.8 Å². The Hall–Kier alpha value is -5.76. The minimum Gasteiger partial charge on any atom is -0.508 e. The van der Waals surface area contributed by atoms with Gasteiger partial charge in [0.25, 0.3) is 0 Å². The summed E-state index contributed by atoms with van der Waals surface area (Å²) in [6.45, 7) is 3.69. The molecule has 6 atom stereocenters. The number of H-pyrrole nitrogens is 1. The molecule has 1 aromatic heterocycles. The Morgan fingerprint density at radius 1 is 0.667 bits per heavy atom. The molecule has 0 saturated carbocycles. The van der Waals surface area contributed by atoms with Gasteiger partial charge in [-0.15, -0.1) is 0 Å². The summed E-state index contributed by atoms with van der Waals surface area (Å²) in [7, 11) is 0. The van der Waals surface area contributed by atoms with Crippen molar-refractivity contribution in [1.29, 1.82) is 0 Å². The van der Waals surface area contributed by atoms with Gasteiger partial charge in [-0.1, -0.05) is 67.9 Å². The zero-order chi connectivity index (χ0) is 48.3. The van der Waals surface area contributed by atoms with Gasteiger partial charge in [0.1, 0.15) is 42.0 Å². The Morgan fingerprint density at radius 2 is 1.21 bits per heavy atom. The number of benzene rings is 3. The second-order valence-corrected chi connectivity index (χ2v) is 17.5. The minimum atomic E-state index is -1.27. The summed E-state index contributed by atoms with van der Waals surface area (Å²) in [5, 5.41) is 27.4. The number of amides is 7. The Bertz CT molecular complexity index is 2280. The highest BCUT2D eigenvalue weighted by molar-refractivity contribution is 7.80. The zero-order valence-electron chi connectivity index (χ0n) is 36.9. The fourth-order valence-corrected chi connectivity index (χ4v) is 7.66. The number of phenols is 1. The summed E-state index contributed by atoms with van der Waals surface area (Å²) in [6.07, 6.45) is 2.86. The average molecular weight is 967 g/mol. The van der Waals surface area contributed by atoms with E-state index in [2.05, 4.69) is 62.1 Å². The number of nitrogens with two attached hydrogens (primary N) is 2. The van der Waals surface area contributed by atoms with E-state index in [0.29, 0.717) is 41.1 Å². The monoisotopic (exact) mass is 965 g/mol. The highest BCUT2D eigenvalue weighted by atomic mass is 35.5. The van der Waals surface area contributed by atoms with Gasteiger partial charge in [-0.3, -0.25) is 33.6 Å². The Morgan fingerprint density at radius 3 is 1.82 bits per heavy atom. The lowest BCUT2D eigenvalue weighted by Gasteiger charge is -2.28. The lowest BCUT2D eigenvalue weighted by atomic mass is 10.00. The first-order chi connectivity index (χ1) is 31.5. The van der Waals surface area contributed by atoms with Gasteiger partial charge in [0.2, 0.25) is 41.4 Å². The van der Waals surface area contributed by atoms with Gasteiger partial charge in [-0.25, -0.2) is 0 Å². The van der Waals surface area contributed by atoms with Gasteiger partial charge in [0.05, 0.1) is 0 Å². The first kappa shape index (κ1) is 52.9. The molecule has 3 aromatic carbocycles. The van der Waals surface area contributed by atoms with Crippen molar-refractivity contribution in [3.05, 3.63) is 101 Å². The number of aromatic nitrogens is 1. The highest BCUT2D eigenvalue weighted by Gasteiger charge is 2.34. The summed E-state index contributed by atoms with van der Waals surface area (Å²) < 4.78 is 0. The van der Waals surface area contributed by atoms with Crippen LogP contribution in [0.15, 0.2) is 79.0 Å². The van der Waals surface area contributed by atoms with Crippen LogP contribution in [0, 0.1) is 5.92 Å². The number of aromatic hydroxyl groups is 1. The fraction of sp³-hybridized carbons (Fsp3) is 0.413. The van der Waals surface area contributed by atoms with E-state index in [1.807, 2.05) is 24.3 Å². The van der Waals surface area contributed by atoms with Crippen molar-refractivity contribution in [2.75, 3.05) is 18.1 Å². The molecule has 6 unspecified atom stereocenters. The highest BCUT2D eigenvalue weighted by Crippen LogP contribution is 2.20. The maximum atomic E-state index is 14.5. The van der Waals surface area contributed by atoms with Gasteiger partial charge in [-0.05, 0) is 84.5 Å². The third-order valence-corrected chi connectivity index (χ3v) is 11.6. The molecule has 0 bridgehead atoms. The molecule has 20 heteroatoms. The predicted octanol–water partition coefficient (Wildman–Crippen LogP) is 1.98. The van der Waals surface area contributed by atoms with Gasteiger partial charge in [-0.2, -0.15) is 25.3 Å². The van der Waals surface area contributed by atoms with Crippen LogP contribution in [0.4, 0.5) is 0 Å². The van der Waals surface area contributed by atoms with Crippen LogP contribution >= 0.6 is 36.9 Å². The van der Waals surface area contributed by atoms with E-state index in [-0.39, 0.29) is 49.4 Å². The third-order valence-electron chi connectivity index (χ3n) is 10.8.